The number of anilines is 1. The Morgan fingerprint density at radius 2 is 1.51 bits per heavy atom. The maximum atomic E-state index is 14.1. The standard InChI is InChI=1S/C30H34Cl3N3O4S/c1-6-21(4)34-30(38)22(5)35(17-26-27(32)8-7-9-28(26)33)29(37)18-36(24-13-10-19(2)20(3)16-24)41(39,40)25-14-11-23(31)12-15-25/h7-16,21-22H,6,17-18H2,1-5H3,(H,34,38)/t21-,22+/m1/s1. The molecule has 3 aromatic rings. The zero-order chi connectivity index (χ0) is 30.5. The van der Waals surface area contributed by atoms with Crippen LogP contribution >= 0.6 is 34.8 Å². The first-order chi connectivity index (χ1) is 19.3. The third-order valence-electron chi connectivity index (χ3n) is 7.02. The first-order valence-corrected chi connectivity index (χ1v) is 15.7. The molecule has 0 spiro atoms. The van der Waals surface area contributed by atoms with Crippen LogP contribution in [0.25, 0.3) is 0 Å². The molecule has 3 rings (SSSR count). The Kier molecular flexibility index (Phi) is 11.1. The molecule has 1 N–H and O–H groups in total. The van der Waals surface area contributed by atoms with Gasteiger partial charge in [0.15, 0.2) is 0 Å². The largest absolute Gasteiger partial charge is 0.352 e. The first-order valence-electron chi connectivity index (χ1n) is 13.1. The van der Waals surface area contributed by atoms with E-state index in [-0.39, 0.29) is 23.4 Å². The maximum Gasteiger partial charge on any atom is 0.264 e. The Hall–Kier alpha value is -2.78. The second kappa shape index (κ2) is 13.9. The molecule has 220 valence electrons. The van der Waals surface area contributed by atoms with Gasteiger partial charge < -0.3 is 10.2 Å². The number of amides is 2. The van der Waals surface area contributed by atoms with E-state index in [1.807, 2.05) is 27.7 Å². The van der Waals surface area contributed by atoms with Gasteiger partial charge in [0.25, 0.3) is 10.0 Å². The summed E-state index contributed by atoms with van der Waals surface area (Å²) in [5.74, 6) is -0.988. The van der Waals surface area contributed by atoms with Crippen LogP contribution < -0.4 is 9.62 Å². The molecule has 41 heavy (non-hydrogen) atoms. The van der Waals surface area contributed by atoms with Gasteiger partial charge in [-0.3, -0.25) is 13.9 Å². The molecule has 7 nitrogen and oxygen atoms in total. The zero-order valence-electron chi connectivity index (χ0n) is 23.6. The Morgan fingerprint density at radius 3 is 2.07 bits per heavy atom. The molecule has 0 heterocycles. The molecule has 0 bridgehead atoms. The lowest BCUT2D eigenvalue weighted by atomic mass is 10.1. The maximum absolute atomic E-state index is 14.1. The molecule has 3 aromatic carbocycles. The molecule has 2 atom stereocenters. The number of nitrogens with zero attached hydrogens (tertiary/aromatic N) is 2. The number of sulfonamides is 1. The highest BCUT2D eigenvalue weighted by Gasteiger charge is 2.33. The minimum Gasteiger partial charge on any atom is -0.352 e. The highest BCUT2D eigenvalue weighted by Crippen LogP contribution is 2.29. The van der Waals surface area contributed by atoms with Gasteiger partial charge in [0.05, 0.1) is 10.6 Å². The van der Waals surface area contributed by atoms with E-state index in [1.54, 1.807) is 43.3 Å². The van der Waals surface area contributed by atoms with Gasteiger partial charge in [-0.1, -0.05) is 53.9 Å². The van der Waals surface area contributed by atoms with Crippen molar-refractivity contribution in [3.63, 3.8) is 0 Å². The summed E-state index contributed by atoms with van der Waals surface area (Å²) in [7, 11) is -4.21. The van der Waals surface area contributed by atoms with Crippen LogP contribution in [0.1, 0.15) is 43.9 Å². The smallest absolute Gasteiger partial charge is 0.264 e. The number of aryl methyl sites for hydroxylation is 2. The van der Waals surface area contributed by atoms with Crippen LogP contribution in [0.4, 0.5) is 5.69 Å². The number of nitrogens with one attached hydrogen (secondary N) is 1. The summed E-state index contributed by atoms with van der Waals surface area (Å²) in [6.45, 7) is 8.49. The third-order valence-corrected chi connectivity index (χ3v) is 9.77. The molecule has 2 amide bonds. The van der Waals surface area contributed by atoms with Gasteiger partial charge in [-0.05, 0) is 93.8 Å². The van der Waals surface area contributed by atoms with E-state index in [1.165, 1.54) is 29.2 Å². The summed E-state index contributed by atoms with van der Waals surface area (Å²) >= 11 is 18.9. The molecule has 0 unspecified atom stereocenters. The fourth-order valence-corrected chi connectivity index (χ4v) is 6.09. The molecule has 0 aromatic heterocycles. The summed E-state index contributed by atoms with van der Waals surface area (Å²) < 4.78 is 28.9. The predicted octanol–water partition coefficient (Wildman–Crippen LogP) is 6.79. The molecular formula is C30H34Cl3N3O4S. The monoisotopic (exact) mass is 637 g/mol. The molecule has 0 aliphatic rings. The van der Waals surface area contributed by atoms with Gasteiger partial charge in [0.1, 0.15) is 12.6 Å². The van der Waals surface area contributed by atoms with Crippen LogP contribution in [-0.4, -0.2) is 43.8 Å². The van der Waals surface area contributed by atoms with E-state index in [2.05, 4.69) is 5.32 Å². The number of carbonyl (C=O) groups excluding carboxylic acids is 2. The average Bonchev–Trinajstić information content (AvgIpc) is 2.92. The van der Waals surface area contributed by atoms with Crippen LogP contribution in [0.5, 0.6) is 0 Å². The number of benzene rings is 3. The van der Waals surface area contributed by atoms with Gasteiger partial charge in [-0.2, -0.15) is 0 Å². The lowest BCUT2D eigenvalue weighted by molar-refractivity contribution is -0.139. The number of halogens is 3. The van der Waals surface area contributed by atoms with Crippen molar-refractivity contribution in [3.8, 4) is 0 Å². The average molecular weight is 639 g/mol. The van der Waals surface area contributed by atoms with Crippen LogP contribution in [0.15, 0.2) is 65.6 Å². The molecule has 0 fully saturated rings. The van der Waals surface area contributed by atoms with Gasteiger partial charge >= 0.3 is 0 Å². The number of hydrogen-bond acceptors (Lipinski definition) is 4. The number of carbonyl (C=O) groups is 2. The number of rotatable bonds is 11. The van der Waals surface area contributed by atoms with E-state index >= 15 is 0 Å². The lowest BCUT2D eigenvalue weighted by Crippen LogP contribution is -2.52. The molecule has 0 saturated carbocycles. The molecule has 11 heteroatoms. The summed E-state index contributed by atoms with van der Waals surface area (Å²) in [4.78, 5) is 28.5. The van der Waals surface area contributed by atoms with Crippen molar-refractivity contribution in [2.24, 2.45) is 0 Å². The highest BCUT2D eigenvalue weighted by atomic mass is 35.5. The SMILES string of the molecule is CC[C@@H](C)NC(=O)[C@H](C)N(Cc1c(Cl)cccc1Cl)C(=O)CN(c1ccc(C)c(C)c1)S(=O)(=O)c1ccc(Cl)cc1. The van der Waals surface area contributed by atoms with Crippen LogP contribution in [-0.2, 0) is 26.2 Å². The zero-order valence-corrected chi connectivity index (χ0v) is 26.7. The second-order valence-electron chi connectivity index (χ2n) is 9.95. The van der Waals surface area contributed by atoms with Crippen molar-refractivity contribution in [1.82, 2.24) is 10.2 Å². The van der Waals surface area contributed by atoms with Crippen molar-refractivity contribution < 1.29 is 18.0 Å². The second-order valence-corrected chi connectivity index (χ2v) is 13.1. The van der Waals surface area contributed by atoms with E-state index in [0.29, 0.717) is 32.7 Å². The lowest BCUT2D eigenvalue weighted by Gasteiger charge is -2.33. The first kappa shape index (κ1) is 32.7. The Labute approximate surface area is 257 Å². The Balaban J connectivity index is 2.09. The van der Waals surface area contributed by atoms with Gasteiger partial charge in [-0.25, -0.2) is 8.42 Å². The van der Waals surface area contributed by atoms with Gasteiger partial charge in [-0.15, -0.1) is 0 Å². The fourth-order valence-electron chi connectivity index (χ4n) is 4.05. The molecular weight excluding hydrogens is 605 g/mol. The summed E-state index contributed by atoms with van der Waals surface area (Å²) in [6.07, 6.45) is 0.697. The summed E-state index contributed by atoms with van der Waals surface area (Å²) in [5, 5.41) is 3.92. The highest BCUT2D eigenvalue weighted by molar-refractivity contribution is 7.92. The van der Waals surface area contributed by atoms with Crippen molar-refractivity contribution >= 4 is 62.3 Å². The third kappa shape index (κ3) is 7.95. The van der Waals surface area contributed by atoms with Crippen LogP contribution in [0, 0.1) is 13.8 Å². The quantitative estimate of drug-likeness (QED) is 0.251. The normalized spacial score (nSPS) is 12.9. The predicted molar refractivity (Wildman–Crippen MR) is 166 cm³/mol. The van der Waals surface area contributed by atoms with Crippen molar-refractivity contribution in [1.29, 1.82) is 0 Å². The summed E-state index contributed by atoms with van der Waals surface area (Å²) in [5.41, 5.74) is 2.58. The molecule has 0 aliphatic heterocycles. The summed E-state index contributed by atoms with van der Waals surface area (Å²) in [6, 6.07) is 14.8. The van der Waals surface area contributed by atoms with Gasteiger partial charge in [0.2, 0.25) is 11.8 Å². The van der Waals surface area contributed by atoms with Crippen LogP contribution in [0.2, 0.25) is 15.1 Å². The van der Waals surface area contributed by atoms with E-state index in [9.17, 15) is 18.0 Å². The number of hydrogen-bond donors (Lipinski definition) is 1. The van der Waals surface area contributed by atoms with Crippen molar-refractivity contribution in [2.45, 2.75) is 64.6 Å². The fraction of sp³-hybridized carbons (Fsp3) is 0.333. The molecule has 0 saturated heterocycles. The van der Waals surface area contributed by atoms with Gasteiger partial charge in [0, 0.05) is 33.2 Å². The Morgan fingerprint density at radius 1 is 0.902 bits per heavy atom. The topological polar surface area (TPSA) is 86.8 Å². The molecule has 0 radical (unpaired) electrons. The van der Waals surface area contributed by atoms with E-state index in [4.69, 9.17) is 34.8 Å². The van der Waals surface area contributed by atoms with E-state index < -0.39 is 28.5 Å². The van der Waals surface area contributed by atoms with Crippen LogP contribution in [0.3, 0.4) is 0 Å². The minimum atomic E-state index is -4.21. The van der Waals surface area contributed by atoms with E-state index in [0.717, 1.165) is 15.4 Å². The minimum absolute atomic E-state index is 0.0313. The molecule has 0 aliphatic carbocycles. The Bertz CT molecular complexity index is 1490. The van der Waals surface area contributed by atoms with Crippen molar-refractivity contribution in [3.05, 3.63) is 92.4 Å². The van der Waals surface area contributed by atoms with Crippen molar-refractivity contribution in [2.75, 3.05) is 10.8 Å².